The zero-order valence-electron chi connectivity index (χ0n) is 12.7. The third kappa shape index (κ3) is 3.46. The molecule has 5 nitrogen and oxygen atoms in total. The molecule has 24 heavy (non-hydrogen) atoms. The fourth-order valence-corrected chi connectivity index (χ4v) is 2.75. The van der Waals surface area contributed by atoms with Crippen LogP contribution in [0.5, 0.6) is 0 Å². The molecule has 0 N–H and O–H groups in total. The highest BCUT2D eigenvalue weighted by Crippen LogP contribution is 2.18. The summed E-state index contributed by atoms with van der Waals surface area (Å²) < 4.78 is 1.60. The first-order valence-electron chi connectivity index (χ1n) is 7.47. The van der Waals surface area contributed by atoms with Crippen molar-refractivity contribution in [3.63, 3.8) is 0 Å². The third-order valence-corrected chi connectivity index (χ3v) is 3.96. The summed E-state index contributed by atoms with van der Waals surface area (Å²) in [5.74, 6) is -1.21. The van der Waals surface area contributed by atoms with Gasteiger partial charge in [-0.2, -0.15) is 0 Å². The van der Waals surface area contributed by atoms with E-state index in [0.29, 0.717) is 22.6 Å². The Morgan fingerprint density at radius 1 is 1.17 bits per heavy atom. The largest absolute Gasteiger partial charge is 0.550 e. The van der Waals surface area contributed by atoms with Gasteiger partial charge in [0.25, 0.3) is 5.56 Å². The molecule has 0 aliphatic carbocycles. The van der Waals surface area contributed by atoms with Gasteiger partial charge in [0.2, 0.25) is 0 Å². The van der Waals surface area contributed by atoms with Crippen LogP contribution in [0.15, 0.2) is 53.3 Å². The number of carboxylic acid groups (broad SMARTS) is 1. The minimum Gasteiger partial charge on any atom is -0.550 e. The van der Waals surface area contributed by atoms with Gasteiger partial charge in [-0.05, 0) is 30.2 Å². The monoisotopic (exact) mass is 341 g/mol. The van der Waals surface area contributed by atoms with Crippen LogP contribution in [0, 0.1) is 0 Å². The number of nitrogens with zero attached hydrogens (tertiary/aromatic N) is 2. The van der Waals surface area contributed by atoms with Gasteiger partial charge in [-0.25, -0.2) is 4.98 Å². The van der Waals surface area contributed by atoms with Crippen molar-refractivity contribution in [1.82, 2.24) is 9.55 Å². The molecule has 0 aliphatic heterocycles. The molecule has 0 saturated carbocycles. The molecule has 0 aliphatic rings. The molecule has 1 heterocycles. The van der Waals surface area contributed by atoms with Crippen LogP contribution in [0.4, 0.5) is 0 Å². The van der Waals surface area contributed by atoms with Crippen molar-refractivity contribution >= 4 is 28.6 Å². The smallest absolute Gasteiger partial charge is 0.273 e. The molecule has 2 aromatic carbocycles. The van der Waals surface area contributed by atoms with Gasteiger partial charge in [0.1, 0.15) is 5.69 Å². The van der Waals surface area contributed by atoms with Gasteiger partial charge in [0.05, 0.1) is 17.6 Å². The maximum absolute atomic E-state index is 12.7. The lowest BCUT2D eigenvalue weighted by Gasteiger charge is -2.13. The Morgan fingerprint density at radius 2 is 1.92 bits per heavy atom. The lowest BCUT2D eigenvalue weighted by atomic mass is 10.2. The minimum absolute atomic E-state index is 0.0262. The van der Waals surface area contributed by atoms with Gasteiger partial charge in [-0.3, -0.25) is 4.79 Å². The minimum atomic E-state index is -1.21. The molecule has 0 radical (unpaired) electrons. The SMILES string of the molecule is O=C([O-])CCc1nc2cc(Cl)ccc2n(Cc2ccccc2)c1=O. The second kappa shape index (κ2) is 6.84. The van der Waals surface area contributed by atoms with Crippen molar-refractivity contribution in [2.24, 2.45) is 0 Å². The van der Waals surface area contributed by atoms with E-state index in [0.717, 1.165) is 5.56 Å². The van der Waals surface area contributed by atoms with E-state index >= 15 is 0 Å². The molecule has 0 bridgehead atoms. The number of carboxylic acids is 1. The standard InChI is InChI=1S/C18H15ClN2O3/c19-13-6-8-16-15(10-13)20-14(7-9-17(22)23)18(24)21(16)11-12-4-2-1-3-5-12/h1-6,8,10H,7,9,11H2,(H,22,23)/p-1. The van der Waals surface area contributed by atoms with Gasteiger partial charge in [-0.15, -0.1) is 0 Å². The van der Waals surface area contributed by atoms with Crippen LogP contribution < -0.4 is 10.7 Å². The van der Waals surface area contributed by atoms with Crippen molar-refractivity contribution in [2.45, 2.75) is 19.4 Å². The first-order chi connectivity index (χ1) is 11.5. The van der Waals surface area contributed by atoms with E-state index in [1.54, 1.807) is 22.8 Å². The Bertz CT molecular complexity index is 952. The molecule has 0 fully saturated rings. The van der Waals surface area contributed by atoms with E-state index in [9.17, 15) is 14.7 Å². The van der Waals surface area contributed by atoms with Crippen molar-refractivity contribution in [2.75, 3.05) is 0 Å². The zero-order valence-corrected chi connectivity index (χ0v) is 13.5. The van der Waals surface area contributed by atoms with Crippen LogP contribution in [0.25, 0.3) is 11.0 Å². The Morgan fingerprint density at radius 3 is 2.62 bits per heavy atom. The lowest BCUT2D eigenvalue weighted by molar-refractivity contribution is -0.305. The highest BCUT2D eigenvalue weighted by Gasteiger charge is 2.12. The van der Waals surface area contributed by atoms with Gasteiger partial charge in [0.15, 0.2) is 0 Å². The average Bonchev–Trinajstić information content (AvgIpc) is 2.56. The number of fused-ring (bicyclic) bond motifs is 1. The molecule has 3 aromatic rings. The number of halogens is 1. The van der Waals surface area contributed by atoms with Gasteiger partial charge in [-0.1, -0.05) is 41.9 Å². The normalized spacial score (nSPS) is 10.9. The predicted octanol–water partition coefficient (Wildman–Crippen LogP) is 1.78. The molecule has 0 unspecified atom stereocenters. The Balaban J connectivity index is 2.14. The molecule has 0 atom stereocenters. The Labute approximate surface area is 143 Å². The van der Waals surface area contributed by atoms with E-state index in [2.05, 4.69) is 4.98 Å². The van der Waals surface area contributed by atoms with Crippen LogP contribution in [-0.2, 0) is 17.8 Å². The Hall–Kier alpha value is -2.66. The molecule has 0 amide bonds. The molecule has 3 rings (SSSR count). The summed E-state index contributed by atoms with van der Waals surface area (Å²) in [5, 5.41) is 11.2. The quantitative estimate of drug-likeness (QED) is 0.709. The van der Waals surface area contributed by atoms with Crippen molar-refractivity contribution in [1.29, 1.82) is 0 Å². The van der Waals surface area contributed by atoms with Crippen LogP contribution >= 0.6 is 11.6 Å². The number of aryl methyl sites for hydroxylation is 1. The van der Waals surface area contributed by atoms with Crippen LogP contribution in [0.2, 0.25) is 5.02 Å². The summed E-state index contributed by atoms with van der Waals surface area (Å²) >= 11 is 6.02. The van der Waals surface area contributed by atoms with Crippen LogP contribution in [0.1, 0.15) is 17.7 Å². The second-order valence-corrected chi connectivity index (χ2v) is 5.88. The third-order valence-electron chi connectivity index (χ3n) is 3.73. The van der Waals surface area contributed by atoms with Gasteiger partial charge < -0.3 is 14.5 Å². The molecular formula is C18H14ClN2O3-. The van der Waals surface area contributed by atoms with E-state index in [4.69, 9.17) is 11.6 Å². The predicted molar refractivity (Wildman–Crippen MR) is 89.9 cm³/mol. The number of carbonyl (C=O) groups is 1. The van der Waals surface area contributed by atoms with E-state index in [1.165, 1.54) is 0 Å². The number of hydrogen-bond donors (Lipinski definition) is 0. The number of carbonyl (C=O) groups excluding carboxylic acids is 1. The number of aliphatic carboxylic acids is 1. The summed E-state index contributed by atoms with van der Waals surface area (Å²) in [6.45, 7) is 0.374. The molecule has 1 aromatic heterocycles. The maximum atomic E-state index is 12.7. The van der Waals surface area contributed by atoms with E-state index in [-0.39, 0.29) is 24.1 Å². The zero-order chi connectivity index (χ0) is 17.1. The first kappa shape index (κ1) is 16.2. The maximum Gasteiger partial charge on any atom is 0.273 e. The topological polar surface area (TPSA) is 75.0 Å². The van der Waals surface area contributed by atoms with E-state index < -0.39 is 5.97 Å². The summed E-state index contributed by atoms with van der Waals surface area (Å²) in [4.78, 5) is 27.7. The van der Waals surface area contributed by atoms with Crippen molar-refractivity contribution < 1.29 is 9.90 Å². The summed E-state index contributed by atoms with van der Waals surface area (Å²) in [5.41, 5.74) is 2.09. The molecule has 6 heteroatoms. The summed E-state index contributed by atoms with van der Waals surface area (Å²) in [6.07, 6.45) is -0.224. The number of hydrogen-bond acceptors (Lipinski definition) is 4. The highest BCUT2D eigenvalue weighted by molar-refractivity contribution is 6.31. The Kier molecular flexibility index (Phi) is 4.62. The van der Waals surface area contributed by atoms with Crippen LogP contribution in [0.3, 0.4) is 0 Å². The molecule has 0 spiro atoms. The second-order valence-electron chi connectivity index (χ2n) is 5.44. The molecular weight excluding hydrogens is 328 g/mol. The summed E-state index contributed by atoms with van der Waals surface area (Å²) in [7, 11) is 0. The first-order valence-corrected chi connectivity index (χ1v) is 7.85. The average molecular weight is 342 g/mol. The van der Waals surface area contributed by atoms with E-state index in [1.807, 2.05) is 30.3 Å². The summed E-state index contributed by atoms with van der Waals surface area (Å²) in [6, 6.07) is 14.7. The lowest BCUT2D eigenvalue weighted by Crippen LogP contribution is -2.29. The number of aromatic nitrogens is 2. The van der Waals surface area contributed by atoms with Crippen molar-refractivity contribution in [3.05, 3.63) is 75.2 Å². The molecule has 122 valence electrons. The van der Waals surface area contributed by atoms with Gasteiger partial charge >= 0.3 is 0 Å². The highest BCUT2D eigenvalue weighted by atomic mass is 35.5. The van der Waals surface area contributed by atoms with Crippen LogP contribution in [-0.4, -0.2) is 15.5 Å². The number of rotatable bonds is 5. The van der Waals surface area contributed by atoms with Gasteiger partial charge in [0, 0.05) is 17.4 Å². The van der Waals surface area contributed by atoms with Crippen molar-refractivity contribution in [3.8, 4) is 0 Å². The molecule has 0 saturated heterocycles. The fourth-order valence-electron chi connectivity index (χ4n) is 2.58. The number of benzene rings is 2. The fraction of sp³-hybridized carbons (Fsp3) is 0.167.